The van der Waals surface area contributed by atoms with Gasteiger partial charge in [-0.15, -0.1) is 0 Å². The highest BCUT2D eigenvalue weighted by atomic mass is 19.1. The lowest BCUT2D eigenvalue weighted by Gasteiger charge is -2.05. The summed E-state index contributed by atoms with van der Waals surface area (Å²) in [6, 6.07) is 9.82. The van der Waals surface area contributed by atoms with E-state index in [-0.39, 0.29) is 5.82 Å². The van der Waals surface area contributed by atoms with E-state index in [1.54, 1.807) is 19.1 Å². The molecule has 4 nitrogen and oxygen atoms in total. The number of nitrogens with zero attached hydrogens (tertiary/aromatic N) is 3. The van der Waals surface area contributed by atoms with Crippen LogP contribution in [0.3, 0.4) is 0 Å². The first-order valence-electron chi connectivity index (χ1n) is 5.80. The van der Waals surface area contributed by atoms with Crippen LogP contribution in [0, 0.1) is 12.7 Å². The van der Waals surface area contributed by atoms with Gasteiger partial charge in [0.05, 0.1) is 11.2 Å². The number of hydrogen-bond acceptors (Lipinski definition) is 4. The van der Waals surface area contributed by atoms with Crippen molar-refractivity contribution in [1.29, 1.82) is 0 Å². The van der Waals surface area contributed by atoms with Crippen LogP contribution in [0.25, 0.3) is 22.3 Å². The van der Waals surface area contributed by atoms with Gasteiger partial charge in [-0.2, -0.15) is 0 Å². The van der Waals surface area contributed by atoms with E-state index in [0.29, 0.717) is 28.4 Å². The SMILES string of the molecule is Cc1nc(N)c2nc(-c3ccc(F)cc3)ccc2n1. The Labute approximate surface area is 109 Å². The Morgan fingerprint density at radius 1 is 0.947 bits per heavy atom. The molecule has 0 atom stereocenters. The van der Waals surface area contributed by atoms with Crippen molar-refractivity contribution in [3.63, 3.8) is 0 Å². The number of nitrogens with two attached hydrogens (primary N) is 1. The minimum absolute atomic E-state index is 0.275. The highest BCUT2D eigenvalue weighted by Crippen LogP contribution is 2.22. The molecule has 0 aliphatic carbocycles. The molecule has 0 spiro atoms. The number of anilines is 1. The number of rotatable bonds is 1. The van der Waals surface area contributed by atoms with E-state index in [1.807, 2.05) is 12.1 Å². The Kier molecular flexibility index (Phi) is 2.59. The van der Waals surface area contributed by atoms with Crippen LogP contribution < -0.4 is 5.73 Å². The van der Waals surface area contributed by atoms with Gasteiger partial charge in [-0.3, -0.25) is 0 Å². The maximum absolute atomic E-state index is 12.9. The maximum atomic E-state index is 12.9. The Morgan fingerprint density at radius 2 is 1.68 bits per heavy atom. The summed E-state index contributed by atoms with van der Waals surface area (Å²) in [6.07, 6.45) is 0. The monoisotopic (exact) mass is 254 g/mol. The first-order valence-corrected chi connectivity index (χ1v) is 5.80. The van der Waals surface area contributed by atoms with Crippen molar-refractivity contribution in [2.75, 3.05) is 5.73 Å². The second kappa shape index (κ2) is 4.28. The highest BCUT2D eigenvalue weighted by Gasteiger charge is 2.07. The van der Waals surface area contributed by atoms with E-state index in [2.05, 4.69) is 15.0 Å². The number of aryl methyl sites for hydroxylation is 1. The first-order chi connectivity index (χ1) is 9.13. The molecule has 0 saturated carbocycles. The summed E-state index contributed by atoms with van der Waals surface area (Å²) in [5.74, 6) is 0.691. The average molecular weight is 254 g/mol. The van der Waals surface area contributed by atoms with Gasteiger partial charge in [0.25, 0.3) is 0 Å². The fourth-order valence-electron chi connectivity index (χ4n) is 1.94. The van der Waals surface area contributed by atoms with Crippen molar-refractivity contribution in [2.24, 2.45) is 0 Å². The number of pyridine rings is 1. The van der Waals surface area contributed by atoms with Crippen LogP contribution in [0.2, 0.25) is 0 Å². The van der Waals surface area contributed by atoms with Crippen LogP contribution in [0.15, 0.2) is 36.4 Å². The van der Waals surface area contributed by atoms with E-state index in [4.69, 9.17) is 5.73 Å². The third-order valence-corrected chi connectivity index (χ3v) is 2.82. The van der Waals surface area contributed by atoms with Crippen LogP contribution >= 0.6 is 0 Å². The number of aromatic nitrogens is 3. The third-order valence-electron chi connectivity index (χ3n) is 2.82. The van der Waals surface area contributed by atoms with E-state index in [0.717, 1.165) is 5.56 Å². The normalized spacial score (nSPS) is 10.8. The van der Waals surface area contributed by atoms with Gasteiger partial charge in [-0.05, 0) is 43.3 Å². The summed E-state index contributed by atoms with van der Waals surface area (Å²) >= 11 is 0. The van der Waals surface area contributed by atoms with Gasteiger partial charge in [-0.1, -0.05) is 0 Å². The zero-order chi connectivity index (χ0) is 13.4. The predicted octanol–water partition coefficient (Wildman–Crippen LogP) is 2.72. The molecule has 0 unspecified atom stereocenters. The van der Waals surface area contributed by atoms with E-state index < -0.39 is 0 Å². The van der Waals surface area contributed by atoms with Gasteiger partial charge >= 0.3 is 0 Å². The van der Waals surface area contributed by atoms with Crippen LogP contribution in [0.5, 0.6) is 0 Å². The molecule has 94 valence electrons. The average Bonchev–Trinajstić information content (AvgIpc) is 2.39. The molecule has 0 saturated heterocycles. The highest BCUT2D eigenvalue weighted by molar-refractivity contribution is 5.86. The van der Waals surface area contributed by atoms with Gasteiger partial charge in [-0.25, -0.2) is 19.3 Å². The lowest BCUT2D eigenvalue weighted by molar-refractivity contribution is 0.628. The Bertz CT molecular complexity index is 753. The molecule has 2 heterocycles. The van der Waals surface area contributed by atoms with Crippen molar-refractivity contribution >= 4 is 16.9 Å². The lowest BCUT2D eigenvalue weighted by atomic mass is 10.1. The minimum atomic E-state index is -0.275. The van der Waals surface area contributed by atoms with E-state index in [1.165, 1.54) is 12.1 Å². The van der Waals surface area contributed by atoms with Crippen molar-refractivity contribution in [3.05, 3.63) is 48.0 Å². The van der Waals surface area contributed by atoms with Crippen molar-refractivity contribution in [1.82, 2.24) is 15.0 Å². The summed E-state index contributed by atoms with van der Waals surface area (Å²) in [6.45, 7) is 1.78. The van der Waals surface area contributed by atoms with Crippen molar-refractivity contribution < 1.29 is 4.39 Å². The molecular weight excluding hydrogens is 243 g/mol. The Hall–Kier alpha value is -2.56. The van der Waals surface area contributed by atoms with Gasteiger partial charge in [0.1, 0.15) is 17.2 Å². The quantitative estimate of drug-likeness (QED) is 0.725. The van der Waals surface area contributed by atoms with Gasteiger partial charge in [0, 0.05) is 5.56 Å². The number of halogens is 1. The zero-order valence-corrected chi connectivity index (χ0v) is 10.3. The minimum Gasteiger partial charge on any atom is -0.382 e. The molecule has 0 aliphatic rings. The summed E-state index contributed by atoms with van der Waals surface area (Å²) < 4.78 is 12.9. The number of nitrogen functional groups attached to an aromatic ring is 1. The van der Waals surface area contributed by atoms with Gasteiger partial charge in [0.2, 0.25) is 0 Å². The maximum Gasteiger partial charge on any atom is 0.153 e. The van der Waals surface area contributed by atoms with Crippen LogP contribution in [-0.2, 0) is 0 Å². The number of hydrogen-bond donors (Lipinski definition) is 1. The van der Waals surface area contributed by atoms with Crippen LogP contribution in [-0.4, -0.2) is 15.0 Å². The largest absolute Gasteiger partial charge is 0.382 e. The number of fused-ring (bicyclic) bond motifs is 1. The Morgan fingerprint density at radius 3 is 2.42 bits per heavy atom. The predicted molar refractivity (Wildman–Crippen MR) is 71.9 cm³/mol. The molecule has 0 amide bonds. The first kappa shape index (κ1) is 11.5. The molecular formula is C14H11FN4. The molecule has 0 aliphatic heterocycles. The lowest BCUT2D eigenvalue weighted by Crippen LogP contribution is -1.99. The van der Waals surface area contributed by atoms with Crippen LogP contribution in [0.4, 0.5) is 10.2 Å². The molecule has 0 fully saturated rings. The van der Waals surface area contributed by atoms with Crippen molar-refractivity contribution in [2.45, 2.75) is 6.92 Å². The molecule has 2 N–H and O–H groups in total. The van der Waals surface area contributed by atoms with E-state index >= 15 is 0 Å². The van der Waals surface area contributed by atoms with Gasteiger partial charge < -0.3 is 5.73 Å². The molecule has 0 radical (unpaired) electrons. The molecule has 0 bridgehead atoms. The smallest absolute Gasteiger partial charge is 0.153 e. The summed E-state index contributed by atoms with van der Waals surface area (Å²) in [7, 11) is 0. The third kappa shape index (κ3) is 2.10. The standard InChI is InChI=1S/C14H11FN4/c1-8-17-12-7-6-11(19-13(12)14(16)18-8)9-2-4-10(15)5-3-9/h2-7H,1H3,(H2,16,17,18). The molecule has 19 heavy (non-hydrogen) atoms. The number of benzene rings is 1. The topological polar surface area (TPSA) is 64.7 Å². The van der Waals surface area contributed by atoms with Crippen LogP contribution in [0.1, 0.15) is 5.82 Å². The second-order valence-electron chi connectivity index (χ2n) is 4.23. The molecule has 3 rings (SSSR count). The second-order valence-corrected chi connectivity index (χ2v) is 4.23. The fourth-order valence-corrected chi connectivity index (χ4v) is 1.94. The molecule has 5 heteroatoms. The summed E-state index contributed by atoms with van der Waals surface area (Å²) in [4.78, 5) is 12.8. The Balaban J connectivity index is 2.19. The molecule has 2 aromatic heterocycles. The summed E-state index contributed by atoms with van der Waals surface area (Å²) in [5.41, 5.74) is 8.66. The molecule has 1 aromatic carbocycles. The van der Waals surface area contributed by atoms with Gasteiger partial charge in [0.15, 0.2) is 5.82 Å². The fraction of sp³-hybridized carbons (Fsp3) is 0.0714. The zero-order valence-electron chi connectivity index (χ0n) is 10.3. The summed E-state index contributed by atoms with van der Waals surface area (Å²) in [5, 5.41) is 0. The van der Waals surface area contributed by atoms with Crippen molar-refractivity contribution in [3.8, 4) is 11.3 Å². The van der Waals surface area contributed by atoms with E-state index in [9.17, 15) is 4.39 Å². The molecule has 3 aromatic rings.